The van der Waals surface area contributed by atoms with Crippen LogP contribution in [0.5, 0.6) is 0 Å². The molecule has 0 saturated carbocycles. The van der Waals surface area contributed by atoms with E-state index in [9.17, 15) is 27.6 Å². The summed E-state index contributed by atoms with van der Waals surface area (Å²) in [5.74, 6) is -1.62. The maximum atomic E-state index is 13.4. The van der Waals surface area contributed by atoms with Crippen LogP contribution in [-0.2, 0) is 32.5 Å². The van der Waals surface area contributed by atoms with Crippen molar-refractivity contribution in [2.45, 2.75) is 37.9 Å². The number of amides is 3. The number of imide groups is 1. The summed E-state index contributed by atoms with van der Waals surface area (Å²) in [6.07, 6.45) is -3.74. The van der Waals surface area contributed by atoms with Crippen molar-refractivity contribution >= 4 is 28.6 Å². The number of rotatable bonds is 6. The van der Waals surface area contributed by atoms with Crippen molar-refractivity contribution in [2.75, 3.05) is 13.6 Å². The number of benzene rings is 2. The van der Waals surface area contributed by atoms with Crippen LogP contribution < -0.4 is 0 Å². The molecule has 0 spiro atoms. The number of likely N-dealkylation sites (N-methyl/N-ethyl adjacent to an activating group) is 1. The van der Waals surface area contributed by atoms with E-state index in [0.717, 1.165) is 33.5 Å². The zero-order valence-corrected chi connectivity index (χ0v) is 19.3. The van der Waals surface area contributed by atoms with Gasteiger partial charge in [0.1, 0.15) is 0 Å². The molecule has 0 aliphatic carbocycles. The lowest BCUT2D eigenvalue weighted by Crippen LogP contribution is -2.42. The molecule has 0 radical (unpaired) electrons. The van der Waals surface area contributed by atoms with Crippen molar-refractivity contribution in [1.29, 1.82) is 0 Å². The first-order chi connectivity index (χ1) is 16.6. The Labute approximate surface area is 200 Å². The normalized spacial score (nSPS) is 18.4. The zero-order chi connectivity index (χ0) is 25.4. The SMILES string of the molecule is CCN1C(=O)C[C@](CC(=O)N(C)Cc2cccc3ncccc23)(c2cccc(C(F)(F)F)c2)C1=O. The highest BCUT2D eigenvalue weighted by molar-refractivity contribution is 6.10. The second-order valence-corrected chi connectivity index (χ2v) is 8.69. The minimum Gasteiger partial charge on any atom is -0.341 e. The fourth-order valence-electron chi connectivity index (χ4n) is 4.62. The molecule has 3 aromatic rings. The molecule has 0 bridgehead atoms. The van der Waals surface area contributed by atoms with Gasteiger partial charge < -0.3 is 4.90 Å². The minimum absolute atomic E-state index is 0.0118. The van der Waals surface area contributed by atoms with Crippen molar-refractivity contribution in [3.63, 3.8) is 0 Å². The number of likely N-dealkylation sites (tertiary alicyclic amines) is 1. The Bertz CT molecular complexity index is 1300. The number of aromatic nitrogens is 1. The van der Waals surface area contributed by atoms with E-state index in [1.807, 2.05) is 24.3 Å². The Morgan fingerprint density at radius 2 is 1.86 bits per heavy atom. The number of alkyl halides is 3. The molecule has 9 heteroatoms. The molecule has 2 heterocycles. The van der Waals surface area contributed by atoms with Gasteiger partial charge in [0, 0.05) is 44.6 Å². The highest BCUT2D eigenvalue weighted by Gasteiger charge is 2.54. The summed E-state index contributed by atoms with van der Waals surface area (Å²) in [6, 6.07) is 13.6. The van der Waals surface area contributed by atoms with Crippen molar-refractivity contribution < 1.29 is 27.6 Å². The number of hydrogen-bond acceptors (Lipinski definition) is 4. The van der Waals surface area contributed by atoms with Crippen LogP contribution in [-0.4, -0.2) is 46.1 Å². The van der Waals surface area contributed by atoms with Gasteiger partial charge in [0.25, 0.3) is 0 Å². The average Bonchev–Trinajstić information content (AvgIpc) is 3.08. The van der Waals surface area contributed by atoms with E-state index in [-0.39, 0.29) is 25.1 Å². The summed E-state index contributed by atoms with van der Waals surface area (Å²) < 4.78 is 40.2. The van der Waals surface area contributed by atoms with Gasteiger partial charge in [0.05, 0.1) is 16.5 Å². The topological polar surface area (TPSA) is 70.6 Å². The van der Waals surface area contributed by atoms with Crippen LogP contribution in [0.25, 0.3) is 10.9 Å². The standard InChI is InChI=1S/C26H24F3N3O3/c1-3-32-23(34)15-25(24(32)35,18-8-5-9-19(13-18)26(27,28)29)14-22(33)31(2)16-17-7-4-11-21-20(17)10-6-12-30-21/h4-13H,3,14-16H2,1-2H3/t25-/m1/s1. The van der Waals surface area contributed by atoms with E-state index < -0.39 is 41.3 Å². The van der Waals surface area contributed by atoms with Gasteiger partial charge in [-0.3, -0.25) is 24.3 Å². The van der Waals surface area contributed by atoms with Crippen molar-refractivity contribution in [2.24, 2.45) is 0 Å². The lowest BCUT2D eigenvalue weighted by molar-refractivity contribution is -0.142. The number of carbonyl (C=O) groups excluding carboxylic acids is 3. The Morgan fingerprint density at radius 1 is 1.11 bits per heavy atom. The van der Waals surface area contributed by atoms with E-state index in [4.69, 9.17) is 0 Å². The molecule has 6 nitrogen and oxygen atoms in total. The second-order valence-electron chi connectivity index (χ2n) is 8.69. The van der Waals surface area contributed by atoms with Crippen LogP contribution in [0.15, 0.2) is 60.8 Å². The van der Waals surface area contributed by atoms with Crippen molar-refractivity contribution in [3.8, 4) is 0 Å². The van der Waals surface area contributed by atoms with E-state index >= 15 is 0 Å². The van der Waals surface area contributed by atoms with Gasteiger partial charge in [0.2, 0.25) is 17.7 Å². The Morgan fingerprint density at radius 3 is 2.54 bits per heavy atom. The first kappa shape index (κ1) is 24.4. The first-order valence-electron chi connectivity index (χ1n) is 11.2. The predicted octanol–water partition coefficient (Wildman–Crippen LogP) is 4.32. The van der Waals surface area contributed by atoms with Gasteiger partial charge in [0.15, 0.2) is 0 Å². The van der Waals surface area contributed by atoms with Crippen molar-refractivity contribution in [3.05, 3.63) is 77.5 Å². The van der Waals surface area contributed by atoms with Crippen LogP contribution in [0.1, 0.15) is 36.5 Å². The van der Waals surface area contributed by atoms with Gasteiger partial charge in [-0.1, -0.05) is 36.4 Å². The molecule has 3 amide bonds. The molecule has 1 aliphatic rings. The maximum Gasteiger partial charge on any atom is 0.416 e. The van der Waals surface area contributed by atoms with Crippen LogP contribution in [0.4, 0.5) is 13.2 Å². The fraction of sp³-hybridized carbons (Fsp3) is 0.308. The number of pyridine rings is 1. The zero-order valence-electron chi connectivity index (χ0n) is 19.3. The summed E-state index contributed by atoms with van der Waals surface area (Å²) in [4.78, 5) is 46.1. The first-order valence-corrected chi connectivity index (χ1v) is 11.2. The molecule has 35 heavy (non-hydrogen) atoms. The lowest BCUT2D eigenvalue weighted by Gasteiger charge is -2.29. The van der Waals surface area contributed by atoms with Crippen LogP contribution >= 0.6 is 0 Å². The number of fused-ring (bicyclic) bond motifs is 1. The quantitative estimate of drug-likeness (QED) is 0.490. The molecule has 1 atom stereocenters. The number of hydrogen-bond donors (Lipinski definition) is 0. The van der Waals surface area contributed by atoms with Gasteiger partial charge >= 0.3 is 6.18 Å². The monoisotopic (exact) mass is 483 g/mol. The van der Waals surface area contributed by atoms with Gasteiger partial charge in [-0.05, 0) is 36.2 Å². The molecule has 4 rings (SSSR count). The highest BCUT2D eigenvalue weighted by atomic mass is 19.4. The summed E-state index contributed by atoms with van der Waals surface area (Å²) in [5, 5.41) is 0.867. The Hall–Kier alpha value is -3.75. The van der Waals surface area contributed by atoms with Crippen LogP contribution in [0, 0.1) is 0 Å². The van der Waals surface area contributed by atoms with E-state index in [1.54, 1.807) is 26.2 Å². The summed E-state index contributed by atoms with van der Waals surface area (Å²) in [6.45, 7) is 1.89. The minimum atomic E-state index is -4.63. The predicted molar refractivity (Wildman–Crippen MR) is 123 cm³/mol. The Kier molecular flexibility index (Phi) is 6.36. The van der Waals surface area contributed by atoms with E-state index in [2.05, 4.69) is 4.98 Å². The van der Waals surface area contributed by atoms with Gasteiger partial charge in [-0.15, -0.1) is 0 Å². The van der Waals surface area contributed by atoms with E-state index in [1.165, 1.54) is 17.0 Å². The third kappa shape index (κ3) is 4.50. The molecule has 0 unspecified atom stereocenters. The molecule has 1 fully saturated rings. The molecular weight excluding hydrogens is 459 g/mol. The molecular formula is C26H24F3N3O3. The molecule has 0 N–H and O–H groups in total. The molecule has 1 saturated heterocycles. The van der Waals surface area contributed by atoms with Crippen LogP contribution in [0.2, 0.25) is 0 Å². The van der Waals surface area contributed by atoms with Gasteiger partial charge in [-0.2, -0.15) is 13.2 Å². The summed E-state index contributed by atoms with van der Waals surface area (Å²) >= 11 is 0. The molecule has 1 aromatic heterocycles. The summed E-state index contributed by atoms with van der Waals surface area (Å²) in [5.41, 5.74) is -1.02. The fourth-order valence-corrected chi connectivity index (χ4v) is 4.62. The molecule has 2 aromatic carbocycles. The third-order valence-corrected chi connectivity index (χ3v) is 6.49. The Balaban J connectivity index is 1.68. The maximum absolute atomic E-state index is 13.4. The number of carbonyl (C=O) groups is 3. The highest BCUT2D eigenvalue weighted by Crippen LogP contribution is 2.42. The van der Waals surface area contributed by atoms with Crippen LogP contribution in [0.3, 0.4) is 0 Å². The van der Waals surface area contributed by atoms with Crippen molar-refractivity contribution in [1.82, 2.24) is 14.8 Å². The number of nitrogens with zero attached hydrogens (tertiary/aromatic N) is 3. The van der Waals surface area contributed by atoms with Gasteiger partial charge in [-0.25, -0.2) is 0 Å². The van der Waals surface area contributed by atoms with E-state index in [0.29, 0.717) is 0 Å². The largest absolute Gasteiger partial charge is 0.416 e. The smallest absolute Gasteiger partial charge is 0.341 e. The molecule has 1 aliphatic heterocycles. The average molecular weight is 483 g/mol. The number of halogens is 3. The molecule has 182 valence electrons. The second kappa shape index (κ2) is 9.13. The summed E-state index contributed by atoms with van der Waals surface area (Å²) in [7, 11) is 1.57. The third-order valence-electron chi connectivity index (χ3n) is 6.49. The lowest BCUT2D eigenvalue weighted by atomic mass is 9.75.